The molecular formula is C17H16N4O4. The predicted octanol–water partition coefficient (Wildman–Crippen LogP) is 1.95. The third-order valence-electron chi connectivity index (χ3n) is 3.26. The fourth-order valence-electron chi connectivity index (χ4n) is 2.07. The summed E-state index contributed by atoms with van der Waals surface area (Å²) in [6, 6.07) is 12.5. The number of H-pyrrole nitrogens is 1. The standard InChI is InChI=1S/C17H16N4O4/c22-15(11-25-12-5-2-1-3-6-12)20-14-10-19-21-16(14)17(23)18-9-13-7-4-8-24-13/h1-8,10H,9,11H2,(H,18,23)(H,19,21)(H,20,22). The molecule has 0 saturated heterocycles. The molecule has 0 fully saturated rings. The van der Waals surface area contributed by atoms with E-state index in [0.717, 1.165) is 0 Å². The van der Waals surface area contributed by atoms with Gasteiger partial charge < -0.3 is 19.8 Å². The van der Waals surface area contributed by atoms with Crippen LogP contribution in [0.25, 0.3) is 0 Å². The van der Waals surface area contributed by atoms with Gasteiger partial charge in [-0.2, -0.15) is 5.10 Å². The second-order valence-electron chi connectivity index (χ2n) is 5.07. The van der Waals surface area contributed by atoms with Crippen molar-refractivity contribution < 1.29 is 18.7 Å². The topological polar surface area (TPSA) is 109 Å². The number of ether oxygens (including phenoxy) is 1. The number of para-hydroxylation sites is 1. The molecule has 3 N–H and O–H groups in total. The van der Waals surface area contributed by atoms with Crippen molar-refractivity contribution in [2.75, 3.05) is 11.9 Å². The van der Waals surface area contributed by atoms with E-state index in [0.29, 0.717) is 11.5 Å². The van der Waals surface area contributed by atoms with Gasteiger partial charge in [0, 0.05) is 0 Å². The van der Waals surface area contributed by atoms with Crippen LogP contribution in [0.3, 0.4) is 0 Å². The second-order valence-corrected chi connectivity index (χ2v) is 5.07. The van der Waals surface area contributed by atoms with Crippen LogP contribution >= 0.6 is 0 Å². The van der Waals surface area contributed by atoms with Crippen LogP contribution in [0.4, 0.5) is 5.69 Å². The highest BCUT2D eigenvalue weighted by molar-refractivity contribution is 6.02. The minimum Gasteiger partial charge on any atom is -0.484 e. The maximum Gasteiger partial charge on any atom is 0.271 e. The lowest BCUT2D eigenvalue weighted by Gasteiger charge is -2.08. The number of furan rings is 1. The largest absolute Gasteiger partial charge is 0.484 e. The SMILES string of the molecule is O=C(COc1ccccc1)Nc1cn[nH]c1C(=O)NCc1ccco1. The summed E-state index contributed by atoms with van der Waals surface area (Å²) in [5, 5.41) is 11.6. The number of carbonyl (C=O) groups is 2. The molecule has 2 aromatic heterocycles. The zero-order valence-electron chi connectivity index (χ0n) is 13.2. The van der Waals surface area contributed by atoms with Crippen molar-refractivity contribution in [1.82, 2.24) is 15.5 Å². The Hall–Kier alpha value is -3.55. The fourth-order valence-corrected chi connectivity index (χ4v) is 2.07. The van der Waals surface area contributed by atoms with Crippen LogP contribution in [0, 0.1) is 0 Å². The van der Waals surface area contributed by atoms with E-state index < -0.39 is 11.8 Å². The van der Waals surface area contributed by atoms with E-state index in [1.54, 1.807) is 24.3 Å². The van der Waals surface area contributed by atoms with Gasteiger partial charge in [0.15, 0.2) is 6.61 Å². The van der Waals surface area contributed by atoms with E-state index >= 15 is 0 Å². The summed E-state index contributed by atoms with van der Waals surface area (Å²) in [5.41, 5.74) is 0.429. The summed E-state index contributed by atoms with van der Waals surface area (Å²) in [5.74, 6) is 0.398. The zero-order valence-corrected chi connectivity index (χ0v) is 13.2. The fraction of sp³-hybridized carbons (Fsp3) is 0.118. The summed E-state index contributed by atoms with van der Waals surface area (Å²) in [4.78, 5) is 24.2. The molecule has 8 heteroatoms. The number of carbonyl (C=O) groups excluding carboxylic acids is 2. The quantitative estimate of drug-likeness (QED) is 0.609. The van der Waals surface area contributed by atoms with Crippen molar-refractivity contribution in [2.24, 2.45) is 0 Å². The molecule has 2 heterocycles. The van der Waals surface area contributed by atoms with Crippen LogP contribution in [0.1, 0.15) is 16.2 Å². The Labute approximate surface area is 143 Å². The first-order chi connectivity index (χ1) is 12.2. The van der Waals surface area contributed by atoms with Gasteiger partial charge in [-0.1, -0.05) is 18.2 Å². The van der Waals surface area contributed by atoms with E-state index in [9.17, 15) is 9.59 Å². The third kappa shape index (κ3) is 4.47. The Morgan fingerprint density at radius 3 is 2.76 bits per heavy atom. The minimum atomic E-state index is -0.409. The lowest BCUT2D eigenvalue weighted by atomic mass is 10.3. The van der Waals surface area contributed by atoms with E-state index in [2.05, 4.69) is 20.8 Å². The van der Waals surface area contributed by atoms with Crippen molar-refractivity contribution in [1.29, 1.82) is 0 Å². The smallest absolute Gasteiger partial charge is 0.271 e. The van der Waals surface area contributed by atoms with E-state index in [1.165, 1.54) is 12.5 Å². The van der Waals surface area contributed by atoms with Gasteiger partial charge >= 0.3 is 0 Å². The van der Waals surface area contributed by atoms with Crippen molar-refractivity contribution in [3.63, 3.8) is 0 Å². The monoisotopic (exact) mass is 340 g/mol. The number of nitrogens with one attached hydrogen (secondary N) is 3. The van der Waals surface area contributed by atoms with E-state index in [1.807, 2.05) is 18.2 Å². The second kappa shape index (κ2) is 7.82. The van der Waals surface area contributed by atoms with Gasteiger partial charge in [0.2, 0.25) is 0 Å². The molecule has 0 atom stereocenters. The molecule has 8 nitrogen and oxygen atoms in total. The first kappa shape index (κ1) is 16.3. The summed E-state index contributed by atoms with van der Waals surface area (Å²) >= 11 is 0. The molecule has 0 aliphatic carbocycles. The summed E-state index contributed by atoms with van der Waals surface area (Å²) < 4.78 is 10.5. The average Bonchev–Trinajstić information content (AvgIpc) is 3.30. The molecule has 3 rings (SSSR count). The molecule has 25 heavy (non-hydrogen) atoms. The van der Waals surface area contributed by atoms with Crippen LogP contribution in [-0.4, -0.2) is 28.6 Å². The number of rotatable bonds is 7. The van der Waals surface area contributed by atoms with Crippen LogP contribution in [0.2, 0.25) is 0 Å². The average molecular weight is 340 g/mol. The Balaban J connectivity index is 1.53. The first-order valence-electron chi connectivity index (χ1n) is 7.54. The molecule has 0 aliphatic heterocycles. The maximum atomic E-state index is 12.2. The minimum absolute atomic E-state index is 0.152. The Morgan fingerprint density at radius 2 is 2.00 bits per heavy atom. The number of nitrogens with zero attached hydrogens (tertiary/aromatic N) is 1. The van der Waals surface area contributed by atoms with Crippen LogP contribution < -0.4 is 15.4 Å². The van der Waals surface area contributed by atoms with E-state index in [4.69, 9.17) is 9.15 Å². The van der Waals surface area contributed by atoms with Crippen molar-refractivity contribution in [2.45, 2.75) is 6.54 Å². The highest BCUT2D eigenvalue weighted by Crippen LogP contribution is 2.13. The summed E-state index contributed by atoms with van der Waals surface area (Å²) in [7, 11) is 0. The highest BCUT2D eigenvalue weighted by Gasteiger charge is 2.16. The van der Waals surface area contributed by atoms with Crippen LogP contribution in [0.15, 0.2) is 59.3 Å². The number of aromatic nitrogens is 2. The third-order valence-corrected chi connectivity index (χ3v) is 3.26. The number of hydrogen-bond donors (Lipinski definition) is 3. The van der Waals surface area contributed by atoms with Gasteiger partial charge in [0.25, 0.3) is 11.8 Å². The number of hydrogen-bond acceptors (Lipinski definition) is 5. The molecule has 2 amide bonds. The predicted molar refractivity (Wildman–Crippen MR) is 89.0 cm³/mol. The molecule has 0 aliphatic rings. The molecule has 0 bridgehead atoms. The number of aromatic amines is 1. The maximum absolute atomic E-state index is 12.2. The summed E-state index contributed by atoms with van der Waals surface area (Å²) in [6.45, 7) is 0.0536. The van der Waals surface area contributed by atoms with Crippen molar-refractivity contribution in [3.05, 3.63) is 66.4 Å². The molecular weight excluding hydrogens is 324 g/mol. The molecule has 1 aromatic carbocycles. The normalized spacial score (nSPS) is 10.2. The Bertz CT molecular complexity index is 827. The van der Waals surface area contributed by atoms with Gasteiger partial charge in [0.1, 0.15) is 17.2 Å². The number of benzene rings is 1. The van der Waals surface area contributed by atoms with Gasteiger partial charge in [-0.25, -0.2) is 0 Å². The van der Waals surface area contributed by atoms with E-state index in [-0.39, 0.29) is 24.5 Å². The lowest BCUT2D eigenvalue weighted by Crippen LogP contribution is -2.26. The molecule has 3 aromatic rings. The van der Waals surface area contributed by atoms with Crippen molar-refractivity contribution >= 4 is 17.5 Å². The van der Waals surface area contributed by atoms with Crippen LogP contribution in [0.5, 0.6) is 5.75 Å². The number of anilines is 1. The van der Waals surface area contributed by atoms with Gasteiger partial charge in [-0.15, -0.1) is 0 Å². The van der Waals surface area contributed by atoms with Gasteiger partial charge in [-0.05, 0) is 24.3 Å². The number of amides is 2. The summed E-state index contributed by atoms with van der Waals surface area (Å²) in [6.07, 6.45) is 2.89. The highest BCUT2D eigenvalue weighted by atomic mass is 16.5. The Kier molecular flexibility index (Phi) is 5.10. The lowest BCUT2D eigenvalue weighted by molar-refractivity contribution is -0.118. The molecule has 0 unspecified atom stereocenters. The van der Waals surface area contributed by atoms with Gasteiger partial charge in [-0.3, -0.25) is 14.7 Å². The Morgan fingerprint density at radius 1 is 1.16 bits per heavy atom. The van der Waals surface area contributed by atoms with Gasteiger partial charge in [0.05, 0.1) is 24.7 Å². The molecule has 0 spiro atoms. The van der Waals surface area contributed by atoms with Crippen LogP contribution in [-0.2, 0) is 11.3 Å². The molecule has 128 valence electrons. The zero-order chi connectivity index (χ0) is 17.5. The molecule has 0 saturated carbocycles. The first-order valence-corrected chi connectivity index (χ1v) is 7.54. The van der Waals surface area contributed by atoms with Crippen molar-refractivity contribution in [3.8, 4) is 5.75 Å². The molecule has 0 radical (unpaired) electrons.